The molecule has 4 nitrogen and oxygen atoms in total. The second-order valence-corrected chi connectivity index (χ2v) is 8.35. The molecule has 1 aliphatic heterocycles. The maximum absolute atomic E-state index is 12.4. The van der Waals surface area contributed by atoms with Gasteiger partial charge in [-0.3, -0.25) is 0 Å². The normalized spacial score (nSPS) is 20.9. The van der Waals surface area contributed by atoms with Crippen LogP contribution in [0.15, 0.2) is 24.3 Å². The Balaban J connectivity index is 1.76. The highest BCUT2D eigenvalue weighted by atomic mass is 32.1. The van der Waals surface area contributed by atoms with Gasteiger partial charge in [0.2, 0.25) is 5.01 Å². The fraction of sp³-hybridized carbons (Fsp3) is 0.529. The lowest BCUT2D eigenvalue weighted by Crippen LogP contribution is -2.59. The minimum atomic E-state index is -0.306. The monoisotopic (exact) mass is 318 g/mol. The van der Waals surface area contributed by atoms with E-state index in [2.05, 4.69) is 38.0 Å². The van der Waals surface area contributed by atoms with Gasteiger partial charge in [-0.2, -0.15) is 0 Å². The molecule has 1 N–H and O–H groups in total. The van der Waals surface area contributed by atoms with Crippen molar-refractivity contribution >= 4 is 27.5 Å². The number of nitrogens with zero attached hydrogens (tertiary/aromatic N) is 1. The smallest absolute Gasteiger partial charge is 0.367 e. The van der Waals surface area contributed by atoms with Gasteiger partial charge < -0.3 is 10.1 Å². The van der Waals surface area contributed by atoms with Gasteiger partial charge in [0.1, 0.15) is 6.10 Å². The molecule has 0 saturated carbocycles. The molecule has 2 heterocycles. The van der Waals surface area contributed by atoms with E-state index < -0.39 is 0 Å². The van der Waals surface area contributed by atoms with Gasteiger partial charge in [0.05, 0.1) is 10.2 Å². The summed E-state index contributed by atoms with van der Waals surface area (Å²) >= 11 is 1.39. The molecule has 1 aromatic carbocycles. The lowest BCUT2D eigenvalue weighted by molar-refractivity contribution is -0.00638. The van der Waals surface area contributed by atoms with Gasteiger partial charge >= 0.3 is 5.97 Å². The number of carbonyl (C=O) groups is 1. The first-order valence-corrected chi connectivity index (χ1v) is 8.42. The number of hydrogen-bond donors (Lipinski definition) is 1. The average molecular weight is 318 g/mol. The Morgan fingerprint density at radius 2 is 1.86 bits per heavy atom. The van der Waals surface area contributed by atoms with Crippen LogP contribution in [0.2, 0.25) is 0 Å². The SMILES string of the molecule is CC1(C)CC(OC(=O)c2nc3ccccc3s2)CC(C)(C)N1. The molecule has 1 aromatic heterocycles. The molecule has 0 aliphatic carbocycles. The summed E-state index contributed by atoms with van der Waals surface area (Å²) in [6, 6.07) is 7.77. The third-order valence-corrected chi connectivity index (χ3v) is 4.91. The summed E-state index contributed by atoms with van der Waals surface area (Å²) < 4.78 is 6.76. The summed E-state index contributed by atoms with van der Waals surface area (Å²) in [5.41, 5.74) is 0.769. The molecule has 0 radical (unpaired) electrons. The number of piperidine rings is 1. The number of benzene rings is 1. The molecule has 118 valence electrons. The summed E-state index contributed by atoms with van der Waals surface area (Å²) in [6.45, 7) is 8.58. The molecule has 1 aliphatic rings. The van der Waals surface area contributed by atoms with Crippen LogP contribution < -0.4 is 5.32 Å². The highest BCUT2D eigenvalue weighted by molar-refractivity contribution is 7.20. The Kier molecular flexibility index (Phi) is 3.73. The van der Waals surface area contributed by atoms with Gasteiger partial charge in [0, 0.05) is 23.9 Å². The number of ether oxygens (including phenoxy) is 1. The zero-order valence-corrected chi connectivity index (χ0v) is 14.3. The number of thiazole rings is 1. The van der Waals surface area contributed by atoms with E-state index in [0.29, 0.717) is 5.01 Å². The highest BCUT2D eigenvalue weighted by Gasteiger charge is 2.39. The lowest BCUT2D eigenvalue weighted by atomic mass is 9.81. The second kappa shape index (κ2) is 5.32. The first-order chi connectivity index (χ1) is 10.2. The van der Waals surface area contributed by atoms with Gasteiger partial charge in [-0.25, -0.2) is 9.78 Å². The number of carbonyl (C=O) groups excluding carboxylic acids is 1. The van der Waals surface area contributed by atoms with Gasteiger partial charge in [-0.05, 0) is 39.8 Å². The van der Waals surface area contributed by atoms with Crippen molar-refractivity contribution in [2.24, 2.45) is 0 Å². The fourth-order valence-electron chi connectivity index (χ4n) is 3.47. The Morgan fingerprint density at radius 3 is 2.50 bits per heavy atom. The van der Waals surface area contributed by atoms with Gasteiger partial charge in [0.25, 0.3) is 0 Å². The van der Waals surface area contributed by atoms with E-state index in [1.165, 1.54) is 11.3 Å². The summed E-state index contributed by atoms with van der Waals surface area (Å²) in [6.07, 6.45) is 1.55. The van der Waals surface area contributed by atoms with Gasteiger partial charge in [0.15, 0.2) is 0 Å². The number of nitrogens with one attached hydrogen (secondary N) is 1. The molecule has 0 unspecified atom stereocenters. The molecule has 0 bridgehead atoms. The van der Waals surface area contributed by atoms with Crippen LogP contribution in [0.5, 0.6) is 0 Å². The quantitative estimate of drug-likeness (QED) is 0.857. The standard InChI is InChI=1S/C17H22N2O2S/c1-16(2)9-11(10-17(3,4)19-16)21-15(20)14-18-12-7-5-6-8-13(12)22-14/h5-8,11,19H,9-10H2,1-4H3. The summed E-state index contributed by atoms with van der Waals surface area (Å²) in [5, 5.41) is 4.03. The third-order valence-electron chi connectivity index (χ3n) is 3.89. The third kappa shape index (κ3) is 3.31. The number of rotatable bonds is 2. The van der Waals surface area contributed by atoms with Crippen molar-refractivity contribution in [3.05, 3.63) is 29.3 Å². The van der Waals surface area contributed by atoms with Crippen molar-refractivity contribution in [1.82, 2.24) is 10.3 Å². The topological polar surface area (TPSA) is 51.2 Å². The van der Waals surface area contributed by atoms with Crippen LogP contribution in [0.4, 0.5) is 0 Å². The van der Waals surface area contributed by atoms with E-state index in [1.54, 1.807) is 0 Å². The number of aromatic nitrogens is 1. The maximum Gasteiger partial charge on any atom is 0.367 e. The largest absolute Gasteiger partial charge is 0.457 e. The van der Waals surface area contributed by atoms with Crippen LogP contribution >= 0.6 is 11.3 Å². The zero-order chi connectivity index (χ0) is 16.0. The molecule has 0 spiro atoms. The average Bonchev–Trinajstić information content (AvgIpc) is 2.78. The first-order valence-electron chi connectivity index (χ1n) is 7.60. The highest BCUT2D eigenvalue weighted by Crippen LogP contribution is 2.31. The Labute approximate surface area is 134 Å². The lowest BCUT2D eigenvalue weighted by Gasteiger charge is -2.45. The molecular formula is C17H22N2O2S. The molecule has 3 rings (SSSR count). The molecule has 1 fully saturated rings. The molecule has 5 heteroatoms. The Hall–Kier alpha value is -1.46. The van der Waals surface area contributed by atoms with Gasteiger partial charge in [-0.15, -0.1) is 11.3 Å². The van der Waals surface area contributed by atoms with E-state index in [0.717, 1.165) is 23.1 Å². The number of fused-ring (bicyclic) bond motifs is 1. The predicted molar refractivity (Wildman–Crippen MR) is 89.4 cm³/mol. The van der Waals surface area contributed by atoms with Gasteiger partial charge in [-0.1, -0.05) is 12.1 Å². The molecule has 22 heavy (non-hydrogen) atoms. The number of esters is 1. The van der Waals surface area contributed by atoms with E-state index in [-0.39, 0.29) is 23.2 Å². The van der Waals surface area contributed by atoms with E-state index >= 15 is 0 Å². The van der Waals surface area contributed by atoms with E-state index in [1.807, 2.05) is 24.3 Å². The Morgan fingerprint density at radius 1 is 1.23 bits per heavy atom. The van der Waals surface area contributed by atoms with E-state index in [4.69, 9.17) is 4.74 Å². The minimum Gasteiger partial charge on any atom is -0.457 e. The second-order valence-electron chi connectivity index (χ2n) is 7.32. The fourth-order valence-corrected chi connectivity index (χ4v) is 4.32. The van der Waals surface area contributed by atoms with Crippen LogP contribution in [-0.2, 0) is 4.74 Å². The predicted octanol–water partition coefficient (Wildman–Crippen LogP) is 3.76. The molecule has 2 aromatic rings. The number of para-hydroxylation sites is 1. The van der Waals surface area contributed by atoms with Crippen molar-refractivity contribution in [3.8, 4) is 0 Å². The van der Waals surface area contributed by atoms with Crippen LogP contribution in [0.3, 0.4) is 0 Å². The van der Waals surface area contributed by atoms with Crippen molar-refractivity contribution < 1.29 is 9.53 Å². The molecule has 0 amide bonds. The van der Waals surface area contributed by atoms with Crippen LogP contribution in [0, 0.1) is 0 Å². The van der Waals surface area contributed by atoms with Crippen LogP contribution in [0.25, 0.3) is 10.2 Å². The summed E-state index contributed by atoms with van der Waals surface area (Å²) in [4.78, 5) is 16.8. The molecule has 0 atom stereocenters. The maximum atomic E-state index is 12.4. The zero-order valence-electron chi connectivity index (χ0n) is 13.5. The van der Waals surface area contributed by atoms with Crippen molar-refractivity contribution in [2.45, 2.75) is 57.7 Å². The van der Waals surface area contributed by atoms with Crippen molar-refractivity contribution in [1.29, 1.82) is 0 Å². The van der Waals surface area contributed by atoms with Crippen molar-refractivity contribution in [3.63, 3.8) is 0 Å². The molecule has 1 saturated heterocycles. The minimum absolute atomic E-state index is 0.0414. The summed E-state index contributed by atoms with van der Waals surface area (Å²) in [5.74, 6) is -0.306. The van der Waals surface area contributed by atoms with Crippen molar-refractivity contribution in [2.75, 3.05) is 0 Å². The van der Waals surface area contributed by atoms with E-state index in [9.17, 15) is 4.79 Å². The number of hydrogen-bond acceptors (Lipinski definition) is 5. The van der Waals surface area contributed by atoms with Crippen LogP contribution in [0.1, 0.15) is 50.3 Å². The summed E-state index contributed by atoms with van der Waals surface area (Å²) in [7, 11) is 0. The Bertz CT molecular complexity index is 657. The molecular weight excluding hydrogens is 296 g/mol. The van der Waals surface area contributed by atoms with Crippen LogP contribution in [-0.4, -0.2) is 28.1 Å². The first kappa shape index (κ1) is 15.4.